The molecule has 6 heteroatoms. The zero-order valence-electron chi connectivity index (χ0n) is 17.4. The lowest BCUT2D eigenvalue weighted by atomic mass is 10.1. The third-order valence-corrected chi connectivity index (χ3v) is 6.89. The molecule has 1 aliphatic heterocycles. The zero-order chi connectivity index (χ0) is 20.9. The Morgan fingerprint density at radius 1 is 0.933 bits per heavy atom. The summed E-state index contributed by atoms with van der Waals surface area (Å²) in [4.78, 5) is 30.2. The maximum Gasteiger partial charge on any atom is 0.233 e. The van der Waals surface area contributed by atoms with Crippen LogP contribution in [0.2, 0.25) is 0 Å². The van der Waals surface area contributed by atoms with E-state index in [0.717, 1.165) is 17.7 Å². The first kappa shape index (κ1) is 20.8. The Labute approximate surface area is 182 Å². The summed E-state index contributed by atoms with van der Waals surface area (Å²) in [6.45, 7) is 2.40. The van der Waals surface area contributed by atoms with Crippen LogP contribution in [0.15, 0.2) is 47.4 Å². The van der Waals surface area contributed by atoms with E-state index in [1.54, 1.807) is 18.9 Å². The Kier molecular flexibility index (Phi) is 6.62. The molecule has 4 rings (SSSR count). The highest BCUT2D eigenvalue weighted by molar-refractivity contribution is 8.00. The maximum atomic E-state index is 12.6. The normalized spacial score (nSPS) is 15.8. The molecule has 2 aromatic rings. The third-order valence-electron chi connectivity index (χ3n) is 5.91. The monoisotopic (exact) mass is 424 g/mol. The van der Waals surface area contributed by atoms with Crippen molar-refractivity contribution in [2.45, 2.75) is 30.6 Å². The molecule has 0 atom stereocenters. The topological polar surface area (TPSA) is 49.9 Å². The van der Waals surface area contributed by atoms with Crippen LogP contribution in [0.4, 0.5) is 0 Å². The van der Waals surface area contributed by atoms with Crippen LogP contribution in [0.1, 0.15) is 23.1 Å². The van der Waals surface area contributed by atoms with Gasteiger partial charge in [-0.1, -0.05) is 18.2 Å². The second-order valence-corrected chi connectivity index (χ2v) is 8.91. The molecule has 1 aliphatic carbocycles. The fraction of sp³-hybridized carbons (Fsp3) is 0.417. The summed E-state index contributed by atoms with van der Waals surface area (Å²) in [7, 11) is 1.62. The van der Waals surface area contributed by atoms with Crippen LogP contribution in [0.5, 0.6) is 5.75 Å². The van der Waals surface area contributed by atoms with Crippen molar-refractivity contribution < 1.29 is 14.3 Å². The van der Waals surface area contributed by atoms with Crippen LogP contribution < -0.4 is 4.74 Å². The van der Waals surface area contributed by atoms with Crippen LogP contribution in [0, 0.1) is 0 Å². The quantitative estimate of drug-likeness (QED) is 0.669. The van der Waals surface area contributed by atoms with Crippen molar-refractivity contribution in [2.75, 3.05) is 39.0 Å². The number of hydrogen-bond donors (Lipinski definition) is 0. The van der Waals surface area contributed by atoms with Crippen molar-refractivity contribution in [1.29, 1.82) is 0 Å². The van der Waals surface area contributed by atoms with Gasteiger partial charge in [-0.05, 0) is 60.2 Å². The molecule has 0 saturated carbocycles. The van der Waals surface area contributed by atoms with Crippen LogP contribution in [-0.4, -0.2) is 60.7 Å². The van der Waals surface area contributed by atoms with Gasteiger partial charge in [0.2, 0.25) is 11.8 Å². The van der Waals surface area contributed by atoms with Gasteiger partial charge in [0.25, 0.3) is 0 Å². The molecule has 0 aromatic heterocycles. The van der Waals surface area contributed by atoms with E-state index >= 15 is 0 Å². The first-order valence-electron chi connectivity index (χ1n) is 10.6. The Hall–Kier alpha value is -2.47. The minimum Gasteiger partial charge on any atom is -0.497 e. The van der Waals surface area contributed by atoms with Crippen LogP contribution in [0.25, 0.3) is 0 Å². The van der Waals surface area contributed by atoms with Crippen LogP contribution in [-0.2, 0) is 28.9 Å². The summed E-state index contributed by atoms with van der Waals surface area (Å²) in [5, 5.41) is 0. The molecule has 2 aromatic carbocycles. The van der Waals surface area contributed by atoms with E-state index in [0.29, 0.717) is 38.4 Å². The summed E-state index contributed by atoms with van der Waals surface area (Å²) >= 11 is 1.62. The number of methoxy groups -OCH3 is 1. The largest absolute Gasteiger partial charge is 0.497 e. The Morgan fingerprint density at radius 3 is 2.43 bits per heavy atom. The first-order valence-corrected chi connectivity index (χ1v) is 11.5. The number of fused-ring (bicyclic) bond motifs is 1. The number of amides is 2. The highest BCUT2D eigenvalue weighted by atomic mass is 32.2. The van der Waals surface area contributed by atoms with Gasteiger partial charge in [-0.2, -0.15) is 0 Å². The van der Waals surface area contributed by atoms with E-state index in [1.165, 1.54) is 28.9 Å². The van der Waals surface area contributed by atoms with Crippen LogP contribution >= 0.6 is 11.8 Å². The molecular formula is C24H28N2O3S. The summed E-state index contributed by atoms with van der Waals surface area (Å²) < 4.78 is 5.23. The van der Waals surface area contributed by atoms with Crippen LogP contribution in [0.3, 0.4) is 0 Å². The summed E-state index contributed by atoms with van der Waals surface area (Å²) in [6.07, 6.45) is 3.94. The molecule has 1 heterocycles. The minimum atomic E-state index is 0.0999. The van der Waals surface area contributed by atoms with E-state index in [9.17, 15) is 9.59 Å². The zero-order valence-corrected chi connectivity index (χ0v) is 18.2. The molecule has 1 fully saturated rings. The molecule has 1 saturated heterocycles. The van der Waals surface area contributed by atoms with E-state index in [-0.39, 0.29) is 11.8 Å². The first-order chi connectivity index (χ1) is 14.6. The fourth-order valence-corrected chi connectivity index (χ4v) is 5.01. The lowest BCUT2D eigenvalue weighted by Gasteiger charge is -2.35. The predicted octanol–water partition coefficient (Wildman–Crippen LogP) is 3.19. The highest BCUT2D eigenvalue weighted by Crippen LogP contribution is 2.27. The van der Waals surface area contributed by atoms with Gasteiger partial charge >= 0.3 is 0 Å². The molecule has 5 nitrogen and oxygen atoms in total. The SMILES string of the molecule is COc1cccc(CC(=O)N2CCN(C(=O)CSc3ccc4c(c3)CCC4)CC2)c1. The second kappa shape index (κ2) is 9.56. The number of aryl methyl sites for hydroxylation is 2. The molecule has 0 bridgehead atoms. The Morgan fingerprint density at radius 2 is 1.67 bits per heavy atom. The van der Waals surface area contributed by atoms with E-state index < -0.39 is 0 Å². The molecule has 158 valence electrons. The number of ether oxygens (including phenoxy) is 1. The number of carbonyl (C=O) groups is 2. The average molecular weight is 425 g/mol. The molecule has 0 radical (unpaired) electrons. The summed E-state index contributed by atoms with van der Waals surface area (Å²) in [6, 6.07) is 14.2. The van der Waals surface area contributed by atoms with Gasteiger partial charge in [0.15, 0.2) is 0 Å². The van der Waals surface area contributed by atoms with Gasteiger partial charge in [0.1, 0.15) is 5.75 Å². The minimum absolute atomic E-state index is 0.0999. The molecule has 0 spiro atoms. The number of carbonyl (C=O) groups excluding carboxylic acids is 2. The van der Waals surface area contributed by atoms with E-state index in [1.807, 2.05) is 34.1 Å². The second-order valence-electron chi connectivity index (χ2n) is 7.86. The number of thioether (sulfide) groups is 1. The summed E-state index contributed by atoms with van der Waals surface area (Å²) in [5.74, 6) is 1.47. The van der Waals surface area contributed by atoms with Gasteiger partial charge in [0.05, 0.1) is 19.3 Å². The van der Waals surface area contributed by atoms with Crippen molar-refractivity contribution in [3.8, 4) is 5.75 Å². The Balaban J connectivity index is 1.23. The highest BCUT2D eigenvalue weighted by Gasteiger charge is 2.24. The lowest BCUT2D eigenvalue weighted by Crippen LogP contribution is -2.51. The number of rotatable bonds is 6. The predicted molar refractivity (Wildman–Crippen MR) is 119 cm³/mol. The number of benzene rings is 2. The molecule has 2 aliphatic rings. The number of hydrogen-bond acceptors (Lipinski definition) is 4. The molecule has 0 N–H and O–H groups in total. The van der Waals surface area contributed by atoms with Crippen molar-refractivity contribution in [1.82, 2.24) is 9.80 Å². The maximum absolute atomic E-state index is 12.6. The van der Waals surface area contributed by atoms with Crippen molar-refractivity contribution >= 4 is 23.6 Å². The molecule has 0 unspecified atom stereocenters. The van der Waals surface area contributed by atoms with Gasteiger partial charge in [-0.25, -0.2) is 0 Å². The molecule has 2 amide bonds. The fourth-order valence-electron chi connectivity index (χ4n) is 4.15. The smallest absolute Gasteiger partial charge is 0.233 e. The van der Waals surface area contributed by atoms with Crippen molar-refractivity contribution in [3.05, 3.63) is 59.2 Å². The number of nitrogens with zero attached hydrogens (tertiary/aromatic N) is 2. The Bertz CT molecular complexity index is 922. The van der Waals surface area contributed by atoms with Crippen molar-refractivity contribution in [3.63, 3.8) is 0 Å². The lowest BCUT2D eigenvalue weighted by molar-refractivity contribution is -0.137. The van der Waals surface area contributed by atoms with Gasteiger partial charge < -0.3 is 14.5 Å². The molecule has 30 heavy (non-hydrogen) atoms. The average Bonchev–Trinajstić information content (AvgIpc) is 3.25. The van der Waals surface area contributed by atoms with E-state index in [4.69, 9.17) is 4.74 Å². The summed E-state index contributed by atoms with van der Waals surface area (Å²) in [5.41, 5.74) is 3.85. The third kappa shape index (κ3) is 4.98. The van der Waals surface area contributed by atoms with Gasteiger partial charge in [-0.3, -0.25) is 9.59 Å². The standard InChI is InChI=1S/C24H28N2O3S/c1-29-21-7-2-4-18(14-21)15-23(27)25-10-12-26(13-11-25)24(28)17-30-22-9-8-19-5-3-6-20(19)16-22/h2,4,7-9,14,16H,3,5-6,10-13,15,17H2,1H3. The van der Waals surface area contributed by atoms with Gasteiger partial charge in [0, 0.05) is 31.1 Å². The number of piperazine rings is 1. The molecular weight excluding hydrogens is 396 g/mol. The van der Waals surface area contributed by atoms with E-state index in [2.05, 4.69) is 18.2 Å². The van der Waals surface area contributed by atoms with Crippen molar-refractivity contribution in [2.24, 2.45) is 0 Å². The van der Waals surface area contributed by atoms with Gasteiger partial charge in [-0.15, -0.1) is 11.8 Å².